The molecule has 2 saturated heterocycles. The van der Waals surface area contributed by atoms with Crippen LogP contribution in [0.5, 0.6) is 0 Å². The van der Waals surface area contributed by atoms with Gasteiger partial charge in [-0.25, -0.2) is 0 Å². The quantitative estimate of drug-likeness (QED) is 0.662. The maximum atomic E-state index is 13.2. The Morgan fingerprint density at radius 1 is 1.06 bits per heavy atom. The fourth-order valence-corrected chi connectivity index (χ4v) is 4.52. The van der Waals surface area contributed by atoms with E-state index in [0.717, 1.165) is 75.6 Å². The van der Waals surface area contributed by atoms with Crippen LogP contribution < -0.4 is 4.90 Å². The minimum absolute atomic E-state index is 0.0103. The van der Waals surface area contributed by atoms with Gasteiger partial charge in [-0.05, 0) is 58.0 Å². The monoisotopic (exact) mass is 430 g/mol. The van der Waals surface area contributed by atoms with Gasteiger partial charge in [-0.2, -0.15) is 4.98 Å². The second-order valence-electron chi connectivity index (χ2n) is 9.06. The van der Waals surface area contributed by atoms with Gasteiger partial charge in [0.1, 0.15) is 5.76 Å². The summed E-state index contributed by atoms with van der Waals surface area (Å²) in [7, 11) is 3.77. The van der Waals surface area contributed by atoms with E-state index in [4.69, 9.17) is 9.05 Å². The SMILES string of the molecule is Cc1onc(C(=O)N2CCC(CCc3noc(N(C)C)n3)CC2)c1CN1CCCCC1. The van der Waals surface area contributed by atoms with Gasteiger partial charge < -0.3 is 18.8 Å². The Morgan fingerprint density at radius 2 is 1.81 bits per heavy atom. The van der Waals surface area contributed by atoms with Crippen LogP contribution in [0.3, 0.4) is 0 Å². The molecule has 0 unspecified atom stereocenters. The third-order valence-corrected chi connectivity index (χ3v) is 6.54. The van der Waals surface area contributed by atoms with Gasteiger partial charge in [0.05, 0.1) is 0 Å². The molecule has 2 aromatic heterocycles. The van der Waals surface area contributed by atoms with E-state index in [1.54, 1.807) is 0 Å². The highest BCUT2D eigenvalue weighted by atomic mass is 16.5. The largest absolute Gasteiger partial charge is 0.361 e. The molecule has 0 spiro atoms. The fourth-order valence-electron chi connectivity index (χ4n) is 4.52. The fraction of sp³-hybridized carbons (Fsp3) is 0.727. The molecule has 0 saturated carbocycles. The van der Waals surface area contributed by atoms with E-state index in [2.05, 4.69) is 20.2 Å². The minimum Gasteiger partial charge on any atom is -0.361 e. The molecule has 0 N–H and O–H groups in total. The Balaban J connectivity index is 1.29. The summed E-state index contributed by atoms with van der Waals surface area (Å²) >= 11 is 0. The summed E-state index contributed by atoms with van der Waals surface area (Å²) in [5.74, 6) is 2.09. The van der Waals surface area contributed by atoms with Crippen LogP contribution in [0.2, 0.25) is 0 Å². The van der Waals surface area contributed by atoms with Crippen LogP contribution in [0, 0.1) is 12.8 Å². The molecule has 4 rings (SSSR count). The molecular formula is C22H34N6O3. The molecule has 0 aliphatic carbocycles. The molecular weight excluding hydrogens is 396 g/mol. The van der Waals surface area contributed by atoms with E-state index < -0.39 is 0 Å². The predicted octanol–water partition coefficient (Wildman–Crippen LogP) is 2.90. The van der Waals surface area contributed by atoms with Crippen molar-refractivity contribution in [2.24, 2.45) is 5.92 Å². The Kier molecular flexibility index (Phi) is 6.89. The molecule has 2 aromatic rings. The van der Waals surface area contributed by atoms with Gasteiger partial charge in [-0.1, -0.05) is 16.7 Å². The third kappa shape index (κ3) is 5.26. The van der Waals surface area contributed by atoms with Gasteiger partial charge in [0.25, 0.3) is 5.91 Å². The van der Waals surface area contributed by atoms with Crippen molar-refractivity contribution in [2.75, 3.05) is 45.2 Å². The third-order valence-electron chi connectivity index (χ3n) is 6.54. The van der Waals surface area contributed by atoms with E-state index >= 15 is 0 Å². The van der Waals surface area contributed by atoms with Crippen LogP contribution in [-0.4, -0.2) is 71.3 Å². The first-order valence-corrected chi connectivity index (χ1v) is 11.5. The maximum absolute atomic E-state index is 13.2. The van der Waals surface area contributed by atoms with E-state index in [0.29, 0.717) is 17.6 Å². The minimum atomic E-state index is 0.0103. The van der Waals surface area contributed by atoms with Gasteiger partial charge in [-0.15, -0.1) is 0 Å². The number of anilines is 1. The number of nitrogens with zero attached hydrogens (tertiary/aromatic N) is 6. The van der Waals surface area contributed by atoms with Crippen molar-refractivity contribution in [3.63, 3.8) is 0 Å². The van der Waals surface area contributed by atoms with Gasteiger partial charge in [-0.3, -0.25) is 9.69 Å². The van der Waals surface area contributed by atoms with Gasteiger partial charge in [0, 0.05) is 45.7 Å². The molecule has 31 heavy (non-hydrogen) atoms. The molecule has 0 bridgehead atoms. The molecule has 0 atom stereocenters. The Bertz CT molecular complexity index is 862. The van der Waals surface area contributed by atoms with Crippen LogP contribution in [0.25, 0.3) is 0 Å². The first-order chi connectivity index (χ1) is 15.0. The summed E-state index contributed by atoms with van der Waals surface area (Å²) in [4.78, 5) is 23.7. The van der Waals surface area contributed by atoms with E-state index in [1.807, 2.05) is 30.8 Å². The average molecular weight is 431 g/mol. The van der Waals surface area contributed by atoms with Crippen molar-refractivity contribution in [2.45, 2.75) is 58.4 Å². The van der Waals surface area contributed by atoms with Crippen LogP contribution >= 0.6 is 0 Å². The molecule has 9 nitrogen and oxygen atoms in total. The van der Waals surface area contributed by atoms with Crippen molar-refractivity contribution in [3.05, 3.63) is 22.8 Å². The summed E-state index contributed by atoms with van der Waals surface area (Å²) in [6.45, 7) is 6.35. The number of carbonyl (C=O) groups is 1. The van der Waals surface area contributed by atoms with E-state index in [9.17, 15) is 4.79 Å². The lowest BCUT2D eigenvalue weighted by Crippen LogP contribution is -2.39. The van der Waals surface area contributed by atoms with Gasteiger partial charge in [0.15, 0.2) is 11.5 Å². The number of aryl methyl sites for hydroxylation is 2. The topological polar surface area (TPSA) is 91.7 Å². The lowest BCUT2D eigenvalue weighted by atomic mass is 9.92. The lowest BCUT2D eigenvalue weighted by Gasteiger charge is -2.32. The maximum Gasteiger partial charge on any atom is 0.323 e. The highest BCUT2D eigenvalue weighted by Crippen LogP contribution is 2.25. The molecule has 2 aliphatic rings. The summed E-state index contributed by atoms with van der Waals surface area (Å²) in [5.41, 5.74) is 1.47. The molecule has 9 heteroatoms. The molecule has 2 fully saturated rings. The zero-order chi connectivity index (χ0) is 21.8. The van der Waals surface area contributed by atoms with Crippen molar-refractivity contribution < 1.29 is 13.8 Å². The lowest BCUT2D eigenvalue weighted by molar-refractivity contribution is 0.0674. The summed E-state index contributed by atoms with van der Waals surface area (Å²) < 4.78 is 10.6. The number of aromatic nitrogens is 3. The number of hydrogen-bond donors (Lipinski definition) is 0. The number of likely N-dealkylation sites (tertiary alicyclic amines) is 2. The van der Waals surface area contributed by atoms with Crippen molar-refractivity contribution in [1.29, 1.82) is 0 Å². The number of carbonyl (C=O) groups excluding carboxylic acids is 1. The van der Waals surface area contributed by atoms with Crippen LogP contribution in [0.1, 0.15) is 66.2 Å². The second kappa shape index (κ2) is 9.80. The first kappa shape index (κ1) is 21.8. The smallest absolute Gasteiger partial charge is 0.323 e. The molecule has 4 heterocycles. The number of amides is 1. The zero-order valence-electron chi connectivity index (χ0n) is 19.0. The molecule has 170 valence electrons. The average Bonchev–Trinajstić information content (AvgIpc) is 3.40. The van der Waals surface area contributed by atoms with Crippen LogP contribution in [0.15, 0.2) is 9.05 Å². The van der Waals surface area contributed by atoms with Gasteiger partial charge in [0.2, 0.25) is 0 Å². The number of hydrogen-bond acceptors (Lipinski definition) is 8. The van der Waals surface area contributed by atoms with E-state index in [-0.39, 0.29) is 5.91 Å². The first-order valence-electron chi connectivity index (χ1n) is 11.5. The number of rotatable bonds is 7. The highest BCUT2D eigenvalue weighted by molar-refractivity contribution is 5.93. The molecule has 0 radical (unpaired) electrons. The highest BCUT2D eigenvalue weighted by Gasteiger charge is 2.29. The van der Waals surface area contributed by atoms with Gasteiger partial charge >= 0.3 is 6.01 Å². The molecule has 2 aliphatic heterocycles. The Hall–Kier alpha value is -2.42. The van der Waals surface area contributed by atoms with Crippen molar-refractivity contribution in [1.82, 2.24) is 25.1 Å². The van der Waals surface area contributed by atoms with Crippen molar-refractivity contribution in [3.8, 4) is 0 Å². The Morgan fingerprint density at radius 3 is 2.48 bits per heavy atom. The zero-order valence-corrected chi connectivity index (χ0v) is 19.0. The molecule has 0 aromatic carbocycles. The predicted molar refractivity (Wildman–Crippen MR) is 116 cm³/mol. The normalized spacial score (nSPS) is 18.5. The summed E-state index contributed by atoms with van der Waals surface area (Å²) in [5, 5.41) is 8.19. The summed E-state index contributed by atoms with van der Waals surface area (Å²) in [6, 6.07) is 0.540. The van der Waals surface area contributed by atoms with E-state index in [1.165, 1.54) is 19.3 Å². The summed E-state index contributed by atoms with van der Waals surface area (Å²) in [6.07, 6.45) is 7.53. The van der Waals surface area contributed by atoms with Crippen molar-refractivity contribution >= 4 is 11.9 Å². The number of piperidine rings is 2. The van der Waals surface area contributed by atoms with Crippen LogP contribution in [-0.2, 0) is 13.0 Å². The second-order valence-corrected chi connectivity index (χ2v) is 9.06. The molecule has 1 amide bonds. The standard InChI is InChI=1S/C22H34N6O3/c1-16-18(15-27-11-5-4-6-12-27)20(25-30-16)21(29)28-13-9-17(10-14-28)7-8-19-23-22(26(2)3)31-24-19/h17H,4-15H2,1-3H3. The van der Waals surface area contributed by atoms with Crippen LogP contribution in [0.4, 0.5) is 6.01 Å². The Labute approximate surface area is 183 Å².